The quantitative estimate of drug-likeness (QED) is 0.751. The highest BCUT2D eigenvalue weighted by Gasteiger charge is 2.17. The number of allylic oxidation sites excluding steroid dienone is 1. The molecule has 2 rings (SSSR count). The Morgan fingerprint density at radius 1 is 1.31 bits per heavy atom. The van der Waals surface area contributed by atoms with Crippen LogP contribution in [0.15, 0.2) is 30.0 Å². The van der Waals surface area contributed by atoms with Crippen LogP contribution in [0.2, 0.25) is 10.0 Å². The first-order valence-electron chi connectivity index (χ1n) is 4.99. The van der Waals surface area contributed by atoms with Crippen LogP contribution >= 0.6 is 23.2 Å². The molecular weight excluding hydrogens is 247 g/mol. The summed E-state index contributed by atoms with van der Waals surface area (Å²) in [6.45, 7) is 0.672. The monoisotopic (exact) mass is 256 g/mol. The van der Waals surface area contributed by atoms with E-state index in [1.165, 1.54) is 6.26 Å². The maximum Gasteiger partial charge on any atom is 0.193 e. The Labute approximate surface area is 104 Å². The molecule has 1 aliphatic rings. The second-order valence-corrected chi connectivity index (χ2v) is 4.41. The number of Topliss-reactive ketones (excluding diaryl/α,β-unsaturated/α-hetero) is 1. The molecular formula is C12H10Cl2O2. The summed E-state index contributed by atoms with van der Waals surface area (Å²) in [6.07, 6.45) is 3.12. The number of carbonyl (C=O) groups excluding carboxylic acids is 1. The van der Waals surface area contributed by atoms with Gasteiger partial charge in [-0.25, -0.2) is 0 Å². The Morgan fingerprint density at radius 3 is 2.75 bits per heavy atom. The number of rotatable bonds is 2. The smallest absolute Gasteiger partial charge is 0.193 e. The van der Waals surface area contributed by atoms with Gasteiger partial charge < -0.3 is 4.74 Å². The lowest BCUT2D eigenvalue weighted by Gasteiger charge is -2.13. The molecule has 0 saturated carbocycles. The topological polar surface area (TPSA) is 26.3 Å². The van der Waals surface area contributed by atoms with Crippen LogP contribution in [0.25, 0.3) is 0 Å². The SMILES string of the molecule is O=C(C1=COCCC1)c1ccc(Cl)cc1Cl. The molecule has 0 aliphatic carbocycles. The second-order valence-electron chi connectivity index (χ2n) is 3.57. The first-order valence-corrected chi connectivity index (χ1v) is 5.74. The minimum atomic E-state index is -0.0821. The molecule has 0 N–H and O–H groups in total. The van der Waals surface area contributed by atoms with Crippen molar-refractivity contribution in [1.82, 2.24) is 0 Å². The minimum Gasteiger partial charge on any atom is -0.501 e. The normalized spacial score (nSPS) is 15.2. The zero-order valence-corrected chi connectivity index (χ0v) is 10.0. The maximum atomic E-state index is 12.1. The molecule has 1 aromatic carbocycles. The first kappa shape index (κ1) is 11.5. The zero-order valence-electron chi connectivity index (χ0n) is 8.50. The maximum absolute atomic E-state index is 12.1. The molecule has 0 spiro atoms. The van der Waals surface area contributed by atoms with Crippen LogP contribution in [0.1, 0.15) is 23.2 Å². The number of hydrogen-bond donors (Lipinski definition) is 0. The lowest BCUT2D eigenvalue weighted by atomic mass is 10.00. The summed E-state index contributed by atoms with van der Waals surface area (Å²) < 4.78 is 5.14. The summed E-state index contributed by atoms with van der Waals surface area (Å²) in [7, 11) is 0. The van der Waals surface area contributed by atoms with Crippen molar-refractivity contribution in [2.75, 3.05) is 6.61 Å². The summed E-state index contributed by atoms with van der Waals surface area (Å²) in [4.78, 5) is 12.1. The van der Waals surface area contributed by atoms with Crippen LogP contribution in [0.3, 0.4) is 0 Å². The Bertz CT molecular complexity index is 452. The van der Waals surface area contributed by atoms with E-state index < -0.39 is 0 Å². The van der Waals surface area contributed by atoms with E-state index in [1.807, 2.05) is 0 Å². The average Bonchev–Trinajstić information content (AvgIpc) is 2.29. The highest BCUT2D eigenvalue weighted by molar-refractivity contribution is 6.37. The van der Waals surface area contributed by atoms with E-state index in [0.717, 1.165) is 12.8 Å². The van der Waals surface area contributed by atoms with Crippen LogP contribution in [-0.4, -0.2) is 12.4 Å². The van der Waals surface area contributed by atoms with Crippen molar-refractivity contribution in [2.45, 2.75) is 12.8 Å². The zero-order chi connectivity index (χ0) is 11.5. The third-order valence-electron chi connectivity index (χ3n) is 2.40. The van der Waals surface area contributed by atoms with Crippen molar-refractivity contribution >= 4 is 29.0 Å². The van der Waals surface area contributed by atoms with E-state index >= 15 is 0 Å². The summed E-state index contributed by atoms with van der Waals surface area (Å²) in [6, 6.07) is 4.87. The van der Waals surface area contributed by atoms with Gasteiger partial charge >= 0.3 is 0 Å². The average molecular weight is 257 g/mol. The molecule has 0 amide bonds. The summed E-state index contributed by atoms with van der Waals surface area (Å²) in [5.74, 6) is -0.0821. The van der Waals surface area contributed by atoms with Crippen molar-refractivity contribution in [3.63, 3.8) is 0 Å². The van der Waals surface area contributed by atoms with E-state index in [1.54, 1.807) is 18.2 Å². The van der Waals surface area contributed by atoms with E-state index in [2.05, 4.69) is 0 Å². The van der Waals surface area contributed by atoms with Crippen molar-refractivity contribution in [2.24, 2.45) is 0 Å². The lowest BCUT2D eigenvalue weighted by molar-refractivity contribution is 0.101. The van der Waals surface area contributed by atoms with Gasteiger partial charge in [-0.05, 0) is 31.0 Å². The van der Waals surface area contributed by atoms with Gasteiger partial charge in [0, 0.05) is 16.2 Å². The number of ether oxygens (including phenoxy) is 1. The van der Waals surface area contributed by atoms with Crippen molar-refractivity contribution in [1.29, 1.82) is 0 Å². The Hall–Kier alpha value is -0.990. The summed E-state index contributed by atoms with van der Waals surface area (Å²) >= 11 is 11.7. The second kappa shape index (κ2) is 4.89. The van der Waals surface area contributed by atoms with E-state index in [0.29, 0.717) is 27.8 Å². The fourth-order valence-electron chi connectivity index (χ4n) is 1.58. The van der Waals surface area contributed by atoms with Crippen LogP contribution in [0.4, 0.5) is 0 Å². The molecule has 0 atom stereocenters. The molecule has 84 valence electrons. The molecule has 1 aliphatic heterocycles. The Morgan fingerprint density at radius 2 is 2.12 bits per heavy atom. The van der Waals surface area contributed by atoms with Crippen LogP contribution in [-0.2, 0) is 4.74 Å². The fourth-order valence-corrected chi connectivity index (χ4v) is 2.07. The van der Waals surface area contributed by atoms with Gasteiger partial charge in [-0.3, -0.25) is 4.79 Å². The number of ketones is 1. The highest BCUT2D eigenvalue weighted by atomic mass is 35.5. The molecule has 16 heavy (non-hydrogen) atoms. The third kappa shape index (κ3) is 2.39. The molecule has 0 saturated heterocycles. The molecule has 4 heteroatoms. The van der Waals surface area contributed by atoms with Crippen LogP contribution in [0, 0.1) is 0 Å². The van der Waals surface area contributed by atoms with Gasteiger partial charge in [-0.2, -0.15) is 0 Å². The molecule has 1 heterocycles. The molecule has 0 aromatic heterocycles. The first-order chi connectivity index (χ1) is 7.68. The molecule has 0 unspecified atom stereocenters. The summed E-state index contributed by atoms with van der Waals surface area (Å²) in [5, 5.41) is 0.902. The van der Waals surface area contributed by atoms with Gasteiger partial charge in [-0.15, -0.1) is 0 Å². The number of benzene rings is 1. The van der Waals surface area contributed by atoms with Crippen molar-refractivity contribution < 1.29 is 9.53 Å². The van der Waals surface area contributed by atoms with Gasteiger partial charge in [0.2, 0.25) is 0 Å². The third-order valence-corrected chi connectivity index (χ3v) is 2.95. The number of hydrogen-bond acceptors (Lipinski definition) is 2. The van der Waals surface area contributed by atoms with Crippen molar-refractivity contribution in [3.05, 3.63) is 45.6 Å². The Kier molecular flexibility index (Phi) is 3.52. The number of carbonyl (C=O) groups is 1. The van der Waals surface area contributed by atoms with Gasteiger partial charge in [0.25, 0.3) is 0 Å². The predicted molar refractivity (Wildman–Crippen MR) is 64.1 cm³/mol. The lowest BCUT2D eigenvalue weighted by Crippen LogP contribution is -2.09. The molecule has 2 nitrogen and oxygen atoms in total. The van der Waals surface area contributed by atoms with Crippen molar-refractivity contribution in [3.8, 4) is 0 Å². The molecule has 0 bridgehead atoms. The van der Waals surface area contributed by atoms with Gasteiger partial charge in [-0.1, -0.05) is 23.2 Å². The predicted octanol–water partition coefficient (Wildman–Crippen LogP) is 3.87. The van der Waals surface area contributed by atoms with Crippen LogP contribution in [0.5, 0.6) is 0 Å². The summed E-state index contributed by atoms with van der Waals surface area (Å²) in [5.41, 5.74) is 1.14. The van der Waals surface area contributed by atoms with E-state index in [4.69, 9.17) is 27.9 Å². The minimum absolute atomic E-state index is 0.0821. The molecule has 1 aromatic rings. The van der Waals surface area contributed by atoms with Gasteiger partial charge in [0.05, 0.1) is 17.9 Å². The van der Waals surface area contributed by atoms with Crippen LogP contribution < -0.4 is 0 Å². The standard InChI is InChI=1S/C12H10Cl2O2/c13-9-3-4-10(11(14)6-9)12(15)8-2-1-5-16-7-8/h3-4,6-7H,1-2,5H2. The molecule has 0 radical (unpaired) electrons. The van der Waals surface area contributed by atoms with E-state index in [9.17, 15) is 4.79 Å². The number of halogens is 2. The van der Waals surface area contributed by atoms with Gasteiger partial charge in [0.15, 0.2) is 5.78 Å². The highest BCUT2D eigenvalue weighted by Crippen LogP contribution is 2.25. The molecule has 0 fully saturated rings. The largest absolute Gasteiger partial charge is 0.501 e. The van der Waals surface area contributed by atoms with E-state index in [-0.39, 0.29) is 5.78 Å². The fraction of sp³-hybridized carbons (Fsp3) is 0.250. The Balaban J connectivity index is 2.30. The van der Waals surface area contributed by atoms with Gasteiger partial charge in [0.1, 0.15) is 0 Å².